The van der Waals surface area contributed by atoms with Crippen LogP contribution >= 0.6 is 11.3 Å². The van der Waals surface area contributed by atoms with Crippen LogP contribution in [0.15, 0.2) is 72.1 Å². The van der Waals surface area contributed by atoms with Gasteiger partial charge in [-0.15, -0.1) is 11.3 Å². The first-order valence-electron chi connectivity index (χ1n) is 12.0. The van der Waals surface area contributed by atoms with Gasteiger partial charge in [-0.25, -0.2) is 4.39 Å². The average Bonchev–Trinajstić information content (AvgIpc) is 3.48. The van der Waals surface area contributed by atoms with Gasteiger partial charge >= 0.3 is 0 Å². The van der Waals surface area contributed by atoms with Crippen LogP contribution in [0, 0.1) is 11.7 Å². The third-order valence-electron chi connectivity index (χ3n) is 6.70. The maximum atomic E-state index is 13.5. The number of nitrogens with one attached hydrogen (secondary N) is 1. The zero-order chi connectivity index (χ0) is 24.2. The van der Waals surface area contributed by atoms with E-state index >= 15 is 0 Å². The van der Waals surface area contributed by atoms with Crippen molar-refractivity contribution in [2.75, 3.05) is 19.6 Å². The Labute approximate surface area is 208 Å². The Hall–Kier alpha value is -3.45. The Kier molecular flexibility index (Phi) is 6.95. The molecule has 2 aromatic carbocycles. The van der Waals surface area contributed by atoms with Gasteiger partial charge in [0.2, 0.25) is 5.91 Å². The van der Waals surface area contributed by atoms with Crippen LogP contribution in [-0.2, 0) is 17.8 Å². The van der Waals surface area contributed by atoms with Gasteiger partial charge in [-0.3, -0.25) is 9.59 Å². The maximum Gasteiger partial charge on any atom is 0.270 e. The number of amides is 2. The van der Waals surface area contributed by atoms with E-state index in [9.17, 15) is 14.0 Å². The molecule has 2 amide bonds. The van der Waals surface area contributed by atoms with Crippen molar-refractivity contribution in [3.8, 4) is 0 Å². The molecule has 1 aliphatic rings. The minimum atomic E-state index is -0.273. The highest BCUT2D eigenvalue weighted by molar-refractivity contribution is 7.17. The molecule has 2 aromatic heterocycles. The Balaban J connectivity index is 1.21. The van der Waals surface area contributed by atoms with Crippen molar-refractivity contribution < 1.29 is 14.0 Å². The van der Waals surface area contributed by atoms with Gasteiger partial charge in [-0.2, -0.15) is 0 Å². The Morgan fingerprint density at radius 1 is 0.971 bits per heavy atom. The molecular weight excluding hydrogens is 461 g/mol. The number of carbonyl (C=O) groups excluding carboxylic acids is 2. The fourth-order valence-corrected chi connectivity index (χ4v) is 5.55. The van der Waals surface area contributed by atoms with Crippen LogP contribution in [0.3, 0.4) is 0 Å². The third kappa shape index (κ3) is 5.30. The third-order valence-corrected chi connectivity index (χ3v) is 7.56. The number of hydrogen-bond donors (Lipinski definition) is 1. The number of rotatable bonds is 7. The number of fused-ring (bicyclic) bond motifs is 1. The van der Waals surface area contributed by atoms with E-state index in [1.54, 1.807) is 23.5 Å². The van der Waals surface area contributed by atoms with E-state index in [2.05, 4.69) is 17.4 Å². The zero-order valence-corrected chi connectivity index (χ0v) is 20.3. The summed E-state index contributed by atoms with van der Waals surface area (Å²) >= 11 is 1.61. The first-order chi connectivity index (χ1) is 17.1. The molecule has 5 nitrogen and oxygen atoms in total. The number of nitrogens with zero attached hydrogens (tertiary/aromatic N) is 2. The van der Waals surface area contributed by atoms with Gasteiger partial charge in [0.05, 0.1) is 10.2 Å². The molecule has 7 heteroatoms. The number of thiophene rings is 1. The van der Waals surface area contributed by atoms with Crippen molar-refractivity contribution in [1.29, 1.82) is 0 Å². The maximum absolute atomic E-state index is 13.5. The summed E-state index contributed by atoms with van der Waals surface area (Å²) in [5.41, 5.74) is 3.80. The van der Waals surface area contributed by atoms with Crippen LogP contribution in [0.1, 0.15) is 34.5 Å². The van der Waals surface area contributed by atoms with E-state index in [0.717, 1.165) is 22.2 Å². The Morgan fingerprint density at radius 3 is 2.46 bits per heavy atom. The number of piperidine rings is 1. The second-order valence-electron chi connectivity index (χ2n) is 9.01. The quantitative estimate of drug-likeness (QED) is 0.393. The van der Waals surface area contributed by atoms with E-state index in [1.165, 1.54) is 17.7 Å². The van der Waals surface area contributed by atoms with Crippen molar-refractivity contribution in [2.45, 2.75) is 25.8 Å². The molecule has 0 unspecified atom stereocenters. The second kappa shape index (κ2) is 10.4. The van der Waals surface area contributed by atoms with E-state index in [0.29, 0.717) is 44.7 Å². The van der Waals surface area contributed by atoms with Gasteiger partial charge in [0.15, 0.2) is 0 Å². The highest BCUT2D eigenvalue weighted by Crippen LogP contribution is 2.28. The number of likely N-dealkylation sites (tertiary alicyclic amines) is 1. The Bertz CT molecular complexity index is 1310. The van der Waals surface area contributed by atoms with Gasteiger partial charge in [-0.05, 0) is 60.0 Å². The number of halogens is 1. The average molecular weight is 490 g/mol. The van der Waals surface area contributed by atoms with Gasteiger partial charge < -0.3 is 14.8 Å². The monoisotopic (exact) mass is 489 g/mol. The Morgan fingerprint density at radius 2 is 1.71 bits per heavy atom. The fourth-order valence-electron chi connectivity index (χ4n) is 4.72. The van der Waals surface area contributed by atoms with Crippen LogP contribution in [0.4, 0.5) is 4.39 Å². The topological polar surface area (TPSA) is 54.3 Å². The predicted octanol–water partition coefficient (Wildman–Crippen LogP) is 5.10. The molecule has 180 valence electrons. The molecule has 1 fully saturated rings. The SMILES string of the molecule is O=C(NCCc1ccccc1)C1CCN(C(=O)c2cc3sccc3n2Cc2ccc(F)cc2)CC1. The number of hydrogen-bond acceptors (Lipinski definition) is 3. The van der Waals surface area contributed by atoms with Gasteiger partial charge in [0.1, 0.15) is 11.5 Å². The lowest BCUT2D eigenvalue weighted by atomic mass is 9.95. The number of benzene rings is 2. The molecule has 3 heterocycles. The molecule has 1 saturated heterocycles. The normalized spacial score (nSPS) is 14.4. The molecule has 1 aliphatic heterocycles. The number of carbonyl (C=O) groups is 2. The lowest BCUT2D eigenvalue weighted by Crippen LogP contribution is -2.43. The summed E-state index contributed by atoms with van der Waals surface area (Å²) in [5.74, 6) is -0.277. The molecule has 1 N–H and O–H groups in total. The van der Waals surface area contributed by atoms with Gasteiger partial charge in [0, 0.05) is 32.1 Å². The lowest BCUT2D eigenvalue weighted by Gasteiger charge is -2.31. The van der Waals surface area contributed by atoms with Crippen LogP contribution in [0.5, 0.6) is 0 Å². The summed E-state index contributed by atoms with van der Waals surface area (Å²) in [6, 6.07) is 20.5. The van der Waals surface area contributed by atoms with Crippen LogP contribution in [0.25, 0.3) is 10.2 Å². The number of aromatic nitrogens is 1. The summed E-state index contributed by atoms with van der Waals surface area (Å²) < 4.78 is 16.4. The summed E-state index contributed by atoms with van der Waals surface area (Å²) in [4.78, 5) is 28.0. The predicted molar refractivity (Wildman–Crippen MR) is 137 cm³/mol. The lowest BCUT2D eigenvalue weighted by molar-refractivity contribution is -0.126. The fraction of sp³-hybridized carbons (Fsp3) is 0.286. The van der Waals surface area contributed by atoms with Crippen LogP contribution in [0.2, 0.25) is 0 Å². The standard InChI is InChI=1S/C28H28FN3O2S/c29-23-8-6-21(7-9-23)19-32-24-13-17-35-26(24)18-25(32)28(34)31-15-11-22(12-16-31)27(33)30-14-10-20-4-2-1-3-5-20/h1-9,13,17-18,22H,10-12,14-16,19H2,(H,30,33). The molecule has 0 aliphatic carbocycles. The van der Waals surface area contributed by atoms with Crippen molar-refractivity contribution >= 4 is 33.4 Å². The van der Waals surface area contributed by atoms with Crippen molar-refractivity contribution in [3.63, 3.8) is 0 Å². The van der Waals surface area contributed by atoms with E-state index < -0.39 is 0 Å². The summed E-state index contributed by atoms with van der Waals surface area (Å²) in [6.45, 7) is 2.24. The minimum Gasteiger partial charge on any atom is -0.356 e. The summed E-state index contributed by atoms with van der Waals surface area (Å²) in [7, 11) is 0. The van der Waals surface area contributed by atoms with Gasteiger partial charge in [-0.1, -0.05) is 42.5 Å². The summed E-state index contributed by atoms with van der Waals surface area (Å²) in [5, 5.41) is 5.08. The first kappa shape index (κ1) is 23.3. The van der Waals surface area contributed by atoms with E-state index in [-0.39, 0.29) is 23.5 Å². The van der Waals surface area contributed by atoms with Crippen molar-refractivity contribution in [1.82, 2.24) is 14.8 Å². The molecular formula is C28H28FN3O2S. The zero-order valence-electron chi connectivity index (χ0n) is 19.5. The highest BCUT2D eigenvalue weighted by Gasteiger charge is 2.29. The largest absolute Gasteiger partial charge is 0.356 e. The smallest absolute Gasteiger partial charge is 0.270 e. The molecule has 5 rings (SSSR count). The highest BCUT2D eigenvalue weighted by atomic mass is 32.1. The molecule has 0 radical (unpaired) electrons. The second-order valence-corrected chi connectivity index (χ2v) is 9.95. The molecule has 0 bridgehead atoms. The molecule has 4 aromatic rings. The van der Waals surface area contributed by atoms with Crippen molar-refractivity contribution in [2.24, 2.45) is 5.92 Å². The molecule has 35 heavy (non-hydrogen) atoms. The first-order valence-corrected chi connectivity index (χ1v) is 12.9. The molecule has 0 saturated carbocycles. The minimum absolute atomic E-state index is 0.0153. The molecule has 0 atom stereocenters. The summed E-state index contributed by atoms with van der Waals surface area (Å²) in [6.07, 6.45) is 2.14. The van der Waals surface area contributed by atoms with E-state index in [4.69, 9.17) is 0 Å². The van der Waals surface area contributed by atoms with Crippen LogP contribution in [-0.4, -0.2) is 40.9 Å². The van der Waals surface area contributed by atoms with Crippen LogP contribution < -0.4 is 5.32 Å². The van der Waals surface area contributed by atoms with E-state index in [1.807, 2.05) is 45.2 Å². The van der Waals surface area contributed by atoms with Crippen molar-refractivity contribution in [3.05, 3.63) is 94.7 Å². The van der Waals surface area contributed by atoms with Gasteiger partial charge in [0.25, 0.3) is 5.91 Å². The molecule has 0 spiro atoms.